The van der Waals surface area contributed by atoms with Crippen LogP contribution in [0.5, 0.6) is 5.75 Å². The molecular weight excluding hydrogens is 332 g/mol. The van der Waals surface area contributed by atoms with E-state index in [1.54, 1.807) is 29.9 Å². The summed E-state index contributed by atoms with van der Waals surface area (Å²) < 4.78 is 5.72. The van der Waals surface area contributed by atoms with E-state index < -0.39 is 0 Å². The number of rotatable bonds is 6. The van der Waals surface area contributed by atoms with Gasteiger partial charge in [-0.1, -0.05) is 30.3 Å². The normalized spacial score (nSPS) is 10.6. The van der Waals surface area contributed by atoms with Crippen molar-refractivity contribution in [2.75, 3.05) is 19.9 Å². The molecule has 128 valence electrons. The van der Waals surface area contributed by atoms with Crippen molar-refractivity contribution in [3.63, 3.8) is 0 Å². The molecule has 0 fully saturated rings. The van der Waals surface area contributed by atoms with Crippen molar-refractivity contribution in [1.29, 1.82) is 0 Å². The van der Waals surface area contributed by atoms with Crippen LogP contribution < -0.4 is 4.74 Å². The van der Waals surface area contributed by atoms with Crippen LogP contribution in [0, 0.1) is 0 Å². The molecule has 0 aliphatic carbocycles. The molecule has 0 saturated heterocycles. The second-order valence-corrected chi connectivity index (χ2v) is 6.60. The van der Waals surface area contributed by atoms with Gasteiger partial charge in [-0.25, -0.2) is 0 Å². The quantitative estimate of drug-likeness (QED) is 0.629. The van der Waals surface area contributed by atoms with Gasteiger partial charge in [0.1, 0.15) is 11.3 Å². The fourth-order valence-electron chi connectivity index (χ4n) is 2.54. The highest BCUT2D eigenvalue weighted by atomic mass is 32.2. The number of likely N-dealkylation sites (N-methyl/N-ethyl adjacent to an activating group) is 1. The lowest BCUT2D eigenvalue weighted by molar-refractivity contribution is -0.132. The van der Waals surface area contributed by atoms with Crippen molar-refractivity contribution < 1.29 is 9.53 Å². The van der Waals surface area contributed by atoms with Crippen LogP contribution in [0.2, 0.25) is 0 Å². The van der Waals surface area contributed by atoms with Gasteiger partial charge in [0.2, 0.25) is 0 Å². The number of carbonyl (C=O) groups excluding carboxylic acids is 1. The predicted octanol–water partition coefficient (Wildman–Crippen LogP) is 3.99. The largest absolute Gasteiger partial charge is 0.481 e. The molecule has 2 aromatic carbocycles. The second-order valence-electron chi connectivity index (χ2n) is 5.72. The summed E-state index contributed by atoms with van der Waals surface area (Å²) in [5.74, 6) is 0.561. The molecular formula is C20H20N2O2S. The molecule has 5 heteroatoms. The van der Waals surface area contributed by atoms with E-state index >= 15 is 0 Å². The molecule has 0 N–H and O–H groups in total. The Morgan fingerprint density at radius 1 is 1.12 bits per heavy atom. The van der Waals surface area contributed by atoms with Gasteiger partial charge in [0.25, 0.3) is 5.91 Å². The molecule has 1 heterocycles. The maximum atomic E-state index is 12.4. The first kappa shape index (κ1) is 17.3. The van der Waals surface area contributed by atoms with Crippen LogP contribution in [-0.2, 0) is 11.3 Å². The lowest BCUT2D eigenvalue weighted by atomic mass is 10.2. The van der Waals surface area contributed by atoms with Crippen molar-refractivity contribution >= 4 is 28.6 Å². The zero-order valence-corrected chi connectivity index (χ0v) is 15.1. The third-order valence-electron chi connectivity index (χ3n) is 3.95. The van der Waals surface area contributed by atoms with E-state index in [9.17, 15) is 4.79 Å². The summed E-state index contributed by atoms with van der Waals surface area (Å²) in [4.78, 5) is 19.6. The third-order valence-corrected chi connectivity index (χ3v) is 4.69. The summed E-state index contributed by atoms with van der Waals surface area (Å²) in [5, 5.41) is 0.995. The zero-order valence-electron chi connectivity index (χ0n) is 14.3. The number of nitrogens with zero attached hydrogens (tertiary/aromatic N) is 2. The number of aromatic nitrogens is 1. The van der Waals surface area contributed by atoms with Gasteiger partial charge in [-0.2, -0.15) is 0 Å². The van der Waals surface area contributed by atoms with Gasteiger partial charge in [0.05, 0.1) is 0 Å². The molecule has 0 spiro atoms. The molecule has 0 saturated carbocycles. The van der Waals surface area contributed by atoms with Crippen molar-refractivity contribution in [3.05, 3.63) is 66.4 Å². The first-order valence-electron chi connectivity index (χ1n) is 8.01. The Hall–Kier alpha value is -2.53. The number of carbonyl (C=O) groups is 1. The SMILES string of the molecule is CSc1ccc(CN(C)C(=O)COc2cccc3cccnc23)cc1. The standard InChI is InChI=1S/C20H20N2O2S/c1-22(13-15-8-10-17(25-2)11-9-15)19(23)14-24-18-7-3-5-16-6-4-12-21-20(16)18/h3-12H,13-14H2,1-2H3. The van der Waals surface area contributed by atoms with Gasteiger partial charge in [-0.05, 0) is 36.1 Å². The number of fused-ring (bicyclic) bond motifs is 1. The van der Waals surface area contributed by atoms with Crippen LogP contribution in [0.25, 0.3) is 10.9 Å². The fourth-order valence-corrected chi connectivity index (χ4v) is 2.94. The molecule has 0 atom stereocenters. The number of benzene rings is 2. The van der Waals surface area contributed by atoms with E-state index in [2.05, 4.69) is 17.1 Å². The minimum absolute atomic E-state index is 0.00488. The van der Waals surface area contributed by atoms with Gasteiger partial charge in [-0.3, -0.25) is 9.78 Å². The maximum absolute atomic E-state index is 12.4. The minimum atomic E-state index is -0.0677. The first-order valence-corrected chi connectivity index (χ1v) is 9.23. The smallest absolute Gasteiger partial charge is 0.260 e. The van der Waals surface area contributed by atoms with Crippen LogP contribution in [0.1, 0.15) is 5.56 Å². The van der Waals surface area contributed by atoms with Crippen molar-refractivity contribution in [2.45, 2.75) is 11.4 Å². The van der Waals surface area contributed by atoms with Crippen LogP contribution in [0.3, 0.4) is 0 Å². The summed E-state index contributed by atoms with van der Waals surface area (Å²) in [6.45, 7) is 0.555. The van der Waals surface area contributed by atoms with Crippen LogP contribution in [0.15, 0.2) is 65.7 Å². The van der Waals surface area contributed by atoms with Crippen molar-refractivity contribution in [2.24, 2.45) is 0 Å². The number of pyridine rings is 1. The molecule has 4 nitrogen and oxygen atoms in total. The van der Waals surface area contributed by atoms with E-state index in [4.69, 9.17) is 4.74 Å². The Morgan fingerprint density at radius 3 is 2.64 bits per heavy atom. The molecule has 1 amide bonds. The number of hydrogen-bond acceptors (Lipinski definition) is 4. The van der Waals surface area contributed by atoms with Crippen molar-refractivity contribution in [1.82, 2.24) is 9.88 Å². The lowest BCUT2D eigenvalue weighted by Crippen LogP contribution is -2.31. The highest BCUT2D eigenvalue weighted by Crippen LogP contribution is 2.23. The Bertz CT molecular complexity index is 860. The number of amides is 1. The van der Waals surface area contributed by atoms with E-state index in [0.717, 1.165) is 16.5 Å². The van der Waals surface area contributed by atoms with E-state index in [-0.39, 0.29) is 12.5 Å². The average molecular weight is 352 g/mol. The molecule has 3 rings (SSSR count). The van der Waals surface area contributed by atoms with E-state index in [1.165, 1.54) is 4.90 Å². The Labute approximate surface area is 151 Å². The van der Waals surface area contributed by atoms with E-state index in [1.807, 2.05) is 48.7 Å². The van der Waals surface area contributed by atoms with Crippen LogP contribution >= 0.6 is 11.8 Å². The summed E-state index contributed by atoms with van der Waals surface area (Å²) in [7, 11) is 1.79. The highest BCUT2D eigenvalue weighted by molar-refractivity contribution is 7.98. The van der Waals surface area contributed by atoms with Gasteiger partial charge in [0.15, 0.2) is 6.61 Å². The number of hydrogen-bond donors (Lipinski definition) is 0. The second kappa shape index (κ2) is 8.03. The molecule has 3 aromatic rings. The summed E-state index contributed by atoms with van der Waals surface area (Å²) >= 11 is 1.70. The van der Waals surface area contributed by atoms with Crippen molar-refractivity contribution in [3.8, 4) is 5.75 Å². The molecule has 1 aromatic heterocycles. The highest BCUT2D eigenvalue weighted by Gasteiger charge is 2.11. The van der Waals surface area contributed by atoms with Gasteiger partial charge >= 0.3 is 0 Å². The topological polar surface area (TPSA) is 42.4 Å². The number of thioether (sulfide) groups is 1. The average Bonchev–Trinajstić information content (AvgIpc) is 2.66. The van der Waals surface area contributed by atoms with Gasteiger partial charge in [-0.15, -0.1) is 11.8 Å². The Kier molecular flexibility index (Phi) is 5.56. The minimum Gasteiger partial charge on any atom is -0.481 e. The molecule has 0 aliphatic heterocycles. The molecule has 0 radical (unpaired) electrons. The summed E-state index contributed by atoms with van der Waals surface area (Å²) in [6, 6.07) is 17.8. The third kappa shape index (κ3) is 4.31. The van der Waals surface area contributed by atoms with Gasteiger partial charge < -0.3 is 9.64 Å². The monoisotopic (exact) mass is 352 g/mol. The maximum Gasteiger partial charge on any atom is 0.260 e. The van der Waals surface area contributed by atoms with Crippen LogP contribution in [0.4, 0.5) is 0 Å². The lowest BCUT2D eigenvalue weighted by Gasteiger charge is -2.18. The van der Waals surface area contributed by atoms with Gasteiger partial charge in [0, 0.05) is 30.1 Å². The molecule has 0 unspecified atom stereocenters. The Morgan fingerprint density at radius 2 is 1.88 bits per heavy atom. The fraction of sp³-hybridized carbons (Fsp3) is 0.200. The zero-order chi connectivity index (χ0) is 17.6. The van der Waals surface area contributed by atoms with Crippen LogP contribution in [-0.4, -0.2) is 35.7 Å². The number of ether oxygens (including phenoxy) is 1. The first-order chi connectivity index (χ1) is 12.2. The number of para-hydroxylation sites is 1. The summed E-state index contributed by atoms with van der Waals surface area (Å²) in [6.07, 6.45) is 3.77. The predicted molar refractivity (Wildman–Crippen MR) is 102 cm³/mol. The molecule has 0 bridgehead atoms. The van der Waals surface area contributed by atoms with E-state index in [0.29, 0.717) is 12.3 Å². The molecule has 25 heavy (non-hydrogen) atoms. The Balaban J connectivity index is 1.61. The summed E-state index contributed by atoms with van der Waals surface area (Å²) in [5.41, 5.74) is 1.87. The molecule has 0 aliphatic rings.